The Bertz CT molecular complexity index is 762. The van der Waals surface area contributed by atoms with Crippen molar-refractivity contribution in [1.82, 2.24) is 14.3 Å². The smallest absolute Gasteiger partial charge is 0.148 e. The van der Waals surface area contributed by atoms with Crippen LogP contribution in [0.3, 0.4) is 0 Å². The van der Waals surface area contributed by atoms with Crippen LogP contribution in [0.25, 0.3) is 11.3 Å². The van der Waals surface area contributed by atoms with Gasteiger partial charge in [0.15, 0.2) is 0 Å². The summed E-state index contributed by atoms with van der Waals surface area (Å²) in [5.74, 6) is 0.524. The molecule has 3 aromatic heterocycles. The Morgan fingerprint density at radius 1 is 1.33 bits per heavy atom. The number of nitrogens with two attached hydrogens (primary N) is 1. The van der Waals surface area contributed by atoms with Gasteiger partial charge in [0.25, 0.3) is 0 Å². The van der Waals surface area contributed by atoms with Crippen LogP contribution >= 0.6 is 22.9 Å². The third kappa shape index (κ3) is 2.88. The van der Waals surface area contributed by atoms with Crippen molar-refractivity contribution < 1.29 is 0 Å². The first-order valence-electron chi connectivity index (χ1n) is 6.46. The predicted molar refractivity (Wildman–Crippen MR) is 88.7 cm³/mol. The van der Waals surface area contributed by atoms with Crippen molar-refractivity contribution in [3.8, 4) is 11.3 Å². The molecule has 0 unspecified atom stereocenters. The minimum Gasteiger partial charge on any atom is -0.382 e. The number of thiazole rings is 1. The molecule has 0 saturated heterocycles. The zero-order valence-electron chi connectivity index (χ0n) is 11.8. The molecule has 21 heavy (non-hydrogen) atoms. The van der Waals surface area contributed by atoms with E-state index in [2.05, 4.69) is 26.6 Å². The predicted octanol–water partition coefficient (Wildman–Crippen LogP) is 3.47. The van der Waals surface area contributed by atoms with E-state index in [9.17, 15) is 0 Å². The Morgan fingerprint density at radius 2 is 2.19 bits per heavy atom. The molecule has 0 atom stereocenters. The van der Waals surface area contributed by atoms with Crippen molar-refractivity contribution in [1.29, 1.82) is 0 Å². The van der Waals surface area contributed by atoms with E-state index in [0.717, 1.165) is 26.8 Å². The Kier molecular flexibility index (Phi) is 3.85. The number of hydrogen-bond acceptors (Lipinski definition) is 7. The molecule has 0 spiro atoms. The van der Waals surface area contributed by atoms with Crippen LogP contribution in [0.5, 0.6) is 0 Å². The molecule has 0 fully saturated rings. The van der Waals surface area contributed by atoms with Gasteiger partial charge in [-0.25, -0.2) is 4.98 Å². The summed E-state index contributed by atoms with van der Waals surface area (Å²) >= 11 is 2.97. The highest BCUT2D eigenvalue weighted by molar-refractivity contribution is 7.11. The Balaban J connectivity index is 1.85. The average Bonchev–Trinajstić information content (AvgIpc) is 3.04. The van der Waals surface area contributed by atoms with Gasteiger partial charge in [-0.05, 0) is 42.6 Å². The lowest BCUT2D eigenvalue weighted by molar-refractivity contribution is 1.09. The summed E-state index contributed by atoms with van der Waals surface area (Å²) in [6.07, 6.45) is 3.67. The molecule has 5 nitrogen and oxygen atoms in total. The fourth-order valence-corrected chi connectivity index (χ4v) is 3.33. The van der Waals surface area contributed by atoms with E-state index in [1.165, 1.54) is 17.1 Å². The summed E-state index contributed by atoms with van der Waals surface area (Å²) in [6, 6.07) is 2.00. The first-order valence-corrected chi connectivity index (χ1v) is 8.11. The van der Waals surface area contributed by atoms with Crippen molar-refractivity contribution in [2.24, 2.45) is 0 Å². The number of nitrogens with zero attached hydrogens (tertiary/aromatic N) is 3. The zero-order valence-corrected chi connectivity index (χ0v) is 13.4. The summed E-state index contributed by atoms with van der Waals surface area (Å²) in [5.41, 5.74) is 10.1. The lowest BCUT2D eigenvalue weighted by Gasteiger charge is -2.07. The van der Waals surface area contributed by atoms with Gasteiger partial charge in [0, 0.05) is 24.3 Å². The molecule has 3 rings (SSSR count). The zero-order chi connectivity index (χ0) is 14.8. The number of aromatic nitrogens is 3. The maximum absolute atomic E-state index is 5.99. The second-order valence-electron chi connectivity index (χ2n) is 4.68. The number of anilines is 2. The Morgan fingerprint density at radius 3 is 2.90 bits per heavy atom. The molecule has 0 amide bonds. The molecule has 0 aliphatic heterocycles. The number of pyridine rings is 1. The first-order chi connectivity index (χ1) is 10.1. The van der Waals surface area contributed by atoms with E-state index in [-0.39, 0.29) is 0 Å². The second kappa shape index (κ2) is 5.79. The quantitative estimate of drug-likeness (QED) is 0.770. The largest absolute Gasteiger partial charge is 0.382 e. The monoisotopic (exact) mass is 317 g/mol. The van der Waals surface area contributed by atoms with Crippen LogP contribution in [0.15, 0.2) is 23.8 Å². The average molecular weight is 317 g/mol. The van der Waals surface area contributed by atoms with Gasteiger partial charge in [-0.15, -0.1) is 11.3 Å². The van der Waals surface area contributed by atoms with E-state index >= 15 is 0 Å². The van der Waals surface area contributed by atoms with Gasteiger partial charge in [-0.2, -0.15) is 4.37 Å². The molecule has 3 N–H and O–H groups in total. The van der Waals surface area contributed by atoms with Crippen LogP contribution in [0.4, 0.5) is 10.8 Å². The van der Waals surface area contributed by atoms with Crippen LogP contribution in [-0.2, 0) is 6.54 Å². The van der Waals surface area contributed by atoms with Gasteiger partial charge in [0.2, 0.25) is 0 Å². The van der Waals surface area contributed by atoms with Crippen molar-refractivity contribution in [3.05, 3.63) is 40.0 Å². The molecule has 7 heteroatoms. The standard InChI is InChI=1S/C14H15N5S2/c1-8-3-4-16-5-10(8)6-17-14-12(13(15)19-21-14)11-7-20-9(2)18-11/h3-5,7,17H,6H2,1-2H3,(H2,15,19). The summed E-state index contributed by atoms with van der Waals surface area (Å²) in [4.78, 5) is 8.66. The Labute approximate surface area is 131 Å². The fraction of sp³-hybridized carbons (Fsp3) is 0.214. The number of rotatable bonds is 4. The molecule has 0 radical (unpaired) electrons. The molecule has 108 valence electrons. The van der Waals surface area contributed by atoms with E-state index in [0.29, 0.717) is 12.4 Å². The van der Waals surface area contributed by atoms with Gasteiger partial charge in [0.1, 0.15) is 10.8 Å². The van der Waals surface area contributed by atoms with E-state index < -0.39 is 0 Å². The van der Waals surface area contributed by atoms with E-state index in [1.54, 1.807) is 17.5 Å². The molecule has 3 aromatic rings. The van der Waals surface area contributed by atoms with Gasteiger partial charge >= 0.3 is 0 Å². The van der Waals surface area contributed by atoms with Crippen molar-refractivity contribution in [2.75, 3.05) is 11.1 Å². The molecular formula is C14H15N5S2. The van der Waals surface area contributed by atoms with Gasteiger partial charge in [-0.3, -0.25) is 4.98 Å². The maximum atomic E-state index is 5.99. The van der Waals surface area contributed by atoms with Gasteiger partial charge in [0.05, 0.1) is 16.3 Å². The molecule has 0 aromatic carbocycles. The SMILES string of the molecule is Cc1nc(-c2c(N)nsc2NCc2cnccc2C)cs1. The number of hydrogen-bond donors (Lipinski definition) is 2. The summed E-state index contributed by atoms with van der Waals surface area (Å²) in [6.45, 7) is 4.75. The molecular weight excluding hydrogens is 302 g/mol. The normalized spacial score (nSPS) is 10.8. The van der Waals surface area contributed by atoms with Crippen molar-refractivity contribution in [3.63, 3.8) is 0 Å². The second-order valence-corrected chi connectivity index (χ2v) is 6.52. The molecule has 0 aliphatic carbocycles. The summed E-state index contributed by atoms with van der Waals surface area (Å²) in [7, 11) is 0. The highest BCUT2D eigenvalue weighted by Gasteiger charge is 2.16. The van der Waals surface area contributed by atoms with Crippen molar-refractivity contribution in [2.45, 2.75) is 20.4 Å². The van der Waals surface area contributed by atoms with E-state index in [1.807, 2.05) is 24.6 Å². The third-order valence-corrected chi connectivity index (χ3v) is 4.77. The number of nitrogen functional groups attached to an aromatic ring is 1. The van der Waals surface area contributed by atoms with Crippen molar-refractivity contribution >= 4 is 33.7 Å². The summed E-state index contributed by atoms with van der Waals surface area (Å²) in [5, 5.41) is 7.37. The van der Waals surface area contributed by atoms with Crippen LogP contribution in [0, 0.1) is 13.8 Å². The molecule has 0 saturated carbocycles. The fourth-order valence-electron chi connectivity index (χ4n) is 2.01. The van der Waals surface area contributed by atoms with Crippen LogP contribution in [0.1, 0.15) is 16.1 Å². The maximum Gasteiger partial charge on any atom is 0.148 e. The van der Waals surface area contributed by atoms with Crippen LogP contribution in [0.2, 0.25) is 0 Å². The highest BCUT2D eigenvalue weighted by Crippen LogP contribution is 2.37. The molecule has 0 bridgehead atoms. The van der Waals surface area contributed by atoms with Crippen LogP contribution < -0.4 is 11.1 Å². The minimum atomic E-state index is 0.524. The number of aryl methyl sites for hydroxylation is 2. The Hall–Kier alpha value is -1.99. The van der Waals surface area contributed by atoms with E-state index in [4.69, 9.17) is 5.73 Å². The molecule has 0 aliphatic rings. The highest BCUT2D eigenvalue weighted by atomic mass is 32.1. The first kappa shape index (κ1) is 14.0. The third-order valence-electron chi connectivity index (χ3n) is 3.18. The molecule has 3 heterocycles. The van der Waals surface area contributed by atoms with Crippen LogP contribution in [-0.4, -0.2) is 14.3 Å². The summed E-state index contributed by atoms with van der Waals surface area (Å²) < 4.78 is 4.24. The minimum absolute atomic E-state index is 0.524. The number of nitrogens with one attached hydrogen (secondary N) is 1. The van der Waals surface area contributed by atoms with Gasteiger partial charge in [-0.1, -0.05) is 0 Å². The lowest BCUT2D eigenvalue weighted by Crippen LogP contribution is -2.02. The topological polar surface area (TPSA) is 76.7 Å². The van der Waals surface area contributed by atoms with Gasteiger partial charge < -0.3 is 11.1 Å². The lowest BCUT2D eigenvalue weighted by atomic mass is 10.1.